The van der Waals surface area contributed by atoms with E-state index in [1.165, 1.54) is 25.0 Å². The number of Topliss-reactive ketones (excluding diaryl/α,β-unsaturated/α-hetero) is 1. The van der Waals surface area contributed by atoms with Gasteiger partial charge in [0.15, 0.2) is 0 Å². The van der Waals surface area contributed by atoms with Crippen LogP contribution in [0, 0.1) is 5.92 Å². The van der Waals surface area contributed by atoms with E-state index >= 15 is 0 Å². The molecule has 2 unspecified atom stereocenters. The molecule has 1 saturated carbocycles. The van der Waals surface area contributed by atoms with Crippen molar-refractivity contribution in [1.82, 2.24) is 14.7 Å². The average molecular weight is 275 g/mol. The Balaban J connectivity index is 1.60. The van der Waals surface area contributed by atoms with Crippen molar-refractivity contribution in [2.75, 3.05) is 13.1 Å². The minimum atomic E-state index is 0.317. The molecular formula is C16H25N3O. The molecule has 2 atom stereocenters. The van der Waals surface area contributed by atoms with Gasteiger partial charge in [0.05, 0.1) is 0 Å². The van der Waals surface area contributed by atoms with Gasteiger partial charge < -0.3 is 0 Å². The third-order valence-electron chi connectivity index (χ3n) is 5.06. The molecule has 4 heteroatoms. The van der Waals surface area contributed by atoms with Crippen LogP contribution in [0.15, 0.2) is 12.3 Å². The number of nitrogens with zero attached hydrogens (tertiary/aromatic N) is 3. The molecule has 0 bridgehead atoms. The van der Waals surface area contributed by atoms with Crippen molar-refractivity contribution in [2.45, 2.75) is 51.0 Å². The Kier molecular flexibility index (Phi) is 4.20. The lowest BCUT2D eigenvalue weighted by Crippen LogP contribution is -2.41. The molecule has 2 fully saturated rings. The van der Waals surface area contributed by atoms with Crippen LogP contribution in [-0.4, -0.2) is 39.6 Å². The molecule has 0 aromatic carbocycles. The Morgan fingerprint density at radius 2 is 2.20 bits per heavy atom. The third kappa shape index (κ3) is 2.80. The fourth-order valence-electron chi connectivity index (χ4n) is 3.91. The second-order valence-corrected chi connectivity index (χ2v) is 6.26. The van der Waals surface area contributed by atoms with Gasteiger partial charge in [-0.3, -0.25) is 14.4 Å². The van der Waals surface area contributed by atoms with Crippen LogP contribution in [0.2, 0.25) is 0 Å². The lowest BCUT2D eigenvalue weighted by molar-refractivity contribution is -0.126. The Hall–Kier alpha value is -1.16. The van der Waals surface area contributed by atoms with Crippen molar-refractivity contribution in [2.24, 2.45) is 13.0 Å². The summed E-state index contributed by atoms with van der Waals surface area (Å²) in [6, 6.07) is 2.60. The van der Waals surface area contributed by atoms with E-state index in [9.17, 15) is 4.79 Å². The smallest absolute Gasteiger partial charge is 0.137 e. The molecule has 1 aliphatic carbocycles. The predicted molar refractivity (Wildman–Crippen MR) is 78.5 cm³/mol. The predicted octanol–water partition coefficient (Wildman–Crippen LogP) is 2.19. The Labute approximate surface area is 121 Å². The van der Waals surface area contributed by atoms with E-state index in [0.717, 1.165) is 38.8 Å². The fraction of sp³-hybridized carbons (Fsp3) is 0.750. The summed E-state index contributed by atoms with van der Waals surface area (Å²) in [5.74, 6) is 0.839. The number of ketones is 1. The molecule has 2 heterocycles. The molecule has 1 aromatic rings. The van der Waals surface area contributed by atoms with Crippen LogP contribution in [-0.2, 0) is 18.3 Å². The van der Waals surface area contributed by atoms with Crippen LogP contribution in [0.3, 0.4) is 0 Å². The van der Waals surface area contributed by atoms with Crippen molar-refractivity contribution in [3.05, 3.63) is 18.0 Å². The maximum Gasteiger partial charge on any atom is 0.137 e. The molecule has 20 heavy (non-hydrogen) atoms. The van der Waals surface area contributed by atoms with E-state index in [2.05, 4.69) is 16.1 Å². The van der Waals surface area contributed by atoms with Crippen molar-refractivity contribution < 1.29 is 4.79 Å². The first-order chi connectivity index (χ1) is 9.75. The number of carbonyl (C=O) groups is 1. The number of rotatable bonds is 4. The van der Waals surface area contributed by atoms with Crippen molar-refractivity contribution in [3.8, 4) is 0 Å². The normalized spacial score (nSPS) is 28.1. The van der Waals surface area contributed by atoms with E-state index in [1.807, 2.05) is 17.9 Å². The Morgan fingerprint density at radius 1 is 1.30 bits per heavy atom. The summed E-state index contributed by atoms with van der Waals surface area (Å²) < 4.78 is 1.96. The molecule has 0 amide bonds. The topological polar surface area (TPSA) is 38.1 Å². The molecule has 110 valence electrons. The largest absolute Gasteiger partial charge is 0.299 e. The summed E-state index contributed by atoms with van der Waals surface area (Å²) in [7, 11) is 2.00. The van der Waals surface area contributed by atoms with Gasteiger partial charge in [-0.1, -0.05) is 6.42 Å². The number of hydrogen-bond acceptors (Lipinski definition) is 3. The number of aryl methyl sites for hydroxylation is 1. The SMILES string of the molecule is Cn1nccc1CCN1CCCC1C1CCCCC1=O. The highest BCUT2D eigenvalue weighted by Gasteiger charge is 2.36. The number of likely N-dealkylation sites (tertiary alicyclic amines) is 1. The van der Waals surface area contributed by atoms with E-state index in [1.54, 1.807) is 0 Å². The van der Waals surface area contributed by atoms with E-state index in [0.29, 0.717) is 17.7 Å². The summed E-state index contributed by atoms with van der Waals surface area (Å²) >= 11 is 0. The van der Waals surface area contributed by atoms with Crippen molar-refractivity contribution >= 4 is 5.78 Å². The molecular weight excluding hydrogens is 250 g/mol. The maximum atomic E-state index is 12.2. The number of carbonyl (C=O) groups excluding carboxylic acids is 1. The lowest BCUT2D eigenvalue weighted by Gasteiger charge is -2.33. The minimum absolute atomic E-state index is 0.317. The zero-order valence-electron chi connectivity index (χ0n) is 12.4. The highest BCUT2D eigenvalue weighted by molar-refractivity contribution is 5.82. The van der Waals surface area contributed by atoms with E-state index in [-0.39, 0.29) is 0 Å². The maximum absolute atomic E-state index is 12.2. The van der Waals surface area contributed by atoms with Gasteiger partial charge in [-0.25, -0.2) is 0 Å². The lowest BCUT2D eigenvalue weighted by atomic mass is 9.82. The average Bonchev–Trinajstić information content (AvgIpc) is 3.06. The summed E-state index contributed by atoms with van der Waals surface area (Å²) in [4.78, 5) is 14.7. The van der Waals surface area contributed by atoms with Crippen molar-refractivity contribution in [1.29, 1.82) is 0 Å². The van der Waals surface area contributed by atoms with Gasteiger partial charge in [0.1, 0.15) is 5.78 Å². The van der Waals surface area contributed by atoms with E-state index in [4.69, 9.17) is 0 Å². The van der Waals surface area contributed by atoms with Gasteiger partial charge in [-0.2, -0.15) is 5.10 Å². The second kappa shape index (κ2) is 6.08. The highest BCUT2D eigenvalue weighted by atomic mass is 16.1. The molecule has 4 nitrogen and oxygen atoms in total. The first-order valence-corrected chi connectivity index (χ1v) is 7.99. The molecule has 1 aliphatic heterocycles. The quantitative estimate of drug-likeness (QED) is 0.845. The van der Waals surface area contributed by atoms with Crippen LogP contribution < -0.4 is 0 Å². The summed E-state index contributed by atoms with van der Waals surface area (Å²) in [5.41, 5.74) is 1.28. The van der Waals surface area contributed by atoms with Gasteiger partial charge in [0, 0.05) is 50.3 Å². The molecule has 0 spiro atoms. The second-order valence-electron chi connectivity index (χ2n) is 6.26. The zero-order chi connectivity index (χ0) is 13.9. The number of aromatic nitrogens is 2. The number of hydrogen-bond donors (Lipinski definition) is 0. The van der Waals surface area contributed by atoms with Crippen LogP contribution in [0.4, 0.5) is 0 Å². The molecule has 1 aromatic heterocycles. The minimum Gasteiger partial charge on any atom is -0.299 e. The summed E-state index contributed by atoms with van der Waals surface area (Å²) in [6.07, 6.45) is 9.64. The summed E-state index contributed by atoms with van der Waals surface area (Å²) in [6.45, 7) is 2.22. The van der Waals surface area contributed by atoms with Gasteiger partial charge in [-0.15, -0.1) is 0 Å². The first-order valence-electron chi connectivity index (χ1n) is 7.99. The van der Waals surface area contributed by atoms with E-state index < -0.39 is 0 Å². The van der Waals surface area contributed by atoms with Gasteiger partial charge in [0.25, 0.3) is 0 Å². The molecule has 3 rings (SSSR count). The van der Waals surface area contributed by atoms with Crippen LogP contribution in [0.25, 0.3) is 0 Å². The van der Waals surface area contributed by atoms with Gasteiger partial charge >= 0.3 is 0 Å². The molecule has 2 aliphatic rings. The zero-order valence-corrected chi connectivity index (χ0v) is 12.4. The third-order valence-corrected chi connectivity index (χ3v) is 5.06. The summed E-state index contributed by atoms with van der Waals surface area (Å²) in [5, 5.41) is 4.23. The Bertz CT molecular complexity index is 468. The monoisotopic (exact) mass is 275 g/mol. The van der Waals surface area contributed by atoms with Crippen LogP contribution >= 0.6 is 0 Å². The highest BCUT2D eigenvalue weighted by Crippen LogP contribution is 2.32. The molecule has 0 N–H and O–H groups in total. The molecule has 0 radical (unpaired) electrons. The fourth-order valence-corrected chi connectivity index (χ4v) is 3.91. The van der Waals surface area contributed by atoms with Crippen molar-refractivity contribution in [3.63, 3.8) is 0 Å². The van der Waals surface area contributed by atoms with Gasteiger partial charge in [-0.05, 0) is 38.3 Å². The van der Waals surface area contributed by atoms with Gasteiger partial charge in [0.2, 0.25) is 0 Å². The molecule has 1 saturated heterocycles. The van der Waals surface area contributed by atoms with Crippen LogP contribution in [0.1, 0.15) is 44.2 Å². The first kappa shape index (κ1) is 13.8. The Morgan fingerprint density at radius 3 is 2.95 bits per heavy atom. The van der Waals surface area contributed by atoms with Crippen LogP contribution in [0.5, 0.6) is 0 Å². The standard InChI is InChI=1S/C16H25N3O/c1-18-13(8-10-17-18)9-12-19-11-4-6-15(19)14-5-2-3-7-16(14)20/h8,10,14-15H,2-7,9,11-12H2,1H3.